The van der Waals surface area contributed by atoms with Crippen molar-refractivity contribution in [1.29, 1.82) is 0 Å². The van der Waals surface area contributed by atoms with Gasteiger partial charge in [0.05, 0.1) is 28.9 Å². The lowest BCUT2D eigenvalue weighted by molar-refractivity contribution is -0.489. The highest BCUT2D eigenvalue weighted by Gasteiger charge is 2.44. The van der Waals surface area contributed by atoms with Gasteiger partial charge < -0.3 is 15.0 Å². The minimum atomic E-state index is -5.02. The molecule has 1 aromatic heterocycles. The molecule has 0 bridgehead atoms. The summed E-state index contributed by atoms with van der Waals surface area (Å²) in [6, 6.07) is 13.1. The van der Waals surface area contributed by atoms with Crippen molar-refractivity contribution in [2.45, 2.75) is 38.0 Å². The molecule has 3 aliphatic heterocycles. The van der Waals surface area contributed by atoms with Crippen LogP contribution in [0.3, 0.4) is 0 Å². The van der Waals surface area contributed by atoms with Crippen LogP contribution in [-0.2, 0) is 23.5 Å². The molecule has 2 atom stereocenters. The minimum absolute atomic E-state index is 0.0883. The summed E-state index contributed by atoms with van der Waals surface area (Å²) < 4.78 is 89.7. The summed E-state index contributed by atoms with van der Waals surface area (Å²) >= 11 is 0. The van der Waals surface area contributed by atoms with Crippen LogP contribution in [0.15, 0.2) is 84.4 Å². The van der Waals surface area contributed by atoms with Crippen LogP contribution in [-0.4, -0.2) is 66.3 Å². The molecule has 1 saturated heterocycles. The van der Waals surface area contributed by atoms with Crippen molar-refractivity contribution in [3.05, 3.63) is 117 Å². The van der Waals surface area contributed by atoms with E-state index in [0.717, 1.165) is 11.4 Å². The molecular weight excluding hydrogens is 626 g/mol. The minimum Gasteiger partial charge on any atom is -0.456 e. The number of nitrogens with zero attached hydrogens (tertiary/aromatic N) is 4. The van der Waals surface area contributed by atoms with Crippen LogP contribution in [0, 0.1) is 11.8 Å². The molecule has 4 heterocycles. The van der Waals surface area contributed by atoms with E-state index in [4.69, 9.17) is 4.74 Å². The number of ether oxygens (including phenoxy) is 1. The first-order valence-electron chi connectivity index (χ1n) is 15.2. The maximum Gasteiger partial charge on any atom is 0.416 e. The zero-order valence-corrected chi connectivity index (χ0v) is 25.4. The van der Waals surface area contributed by atoms with E-state index in [1.54, 1.807) is 24.4 Å². The summed E-state index contributed by atoms with van der Waals surface area (Å²) in [5.41, 5.74) is -1.19. The number of hydrogen-bond donors (Lipinski definition) is 2. The van der Waals surface area contributed by atoms with Gasteiger partial charge in [0.25, 0.3) is 5.70 Å². The lowest BCUT2D eigenvalue weighted by Crippen LogP contribution is -2.53. The first-order chi connectivity index (χ1) is 22.4. The summed E-state index contributed by atoms with van der Waals surface area (Å²) in [6.45, 7) is 4.70. The van der Waals surface area contributed by atoms with Gasteiger partial charge in [0.15, 0.2) is 12.1 Å². The number of nitroso groups, excluding NO2 is 1. The van der Waals surface area contributed by atoms with Crippen molar-refractivity contribution < 1.29 is 35.8 Å². The Hall–Kier alpha value is -4.43. The van der Waals surface area contributed by atoms with E-state index in [1.807, 2.05) is 37.3 Å². The van der Waals surface area contributed by atoms with Gasteiger partial charge in [-0.1, -0.05) is 24.3 Å². The highest BCUT2D eigenvalue weighted by Crippen LogP contribution is 2.38. The second-order valence-electron chi connectivity index (χ2n) is 11.7. The van der Waals surface area contributed by atoms with Crippen molar-refractivity contribution in [1.82, 2.24) is 20.5 Å². The van der Waals surface area contributed by atoms with Crippen molar-refractivity contribution >= 4 is 11.5 Å². The number of pyridine rings is 1. The number of halogens is 6. The predicted octanol–water partition coefficient (Wildman–Crippen LogP) is 5.70. The second-order valence-corrected chi connectivity index (χ2v) is 11.7. The molecule has 6 rings (SSSR count). The lowest BCUT2D eigenvalue weighted by atomic mass is 9.93. The van der Waals surface area contributed by atoms with E-state index in [9.17, 15) is 31.2 Å². The number of anilines is 1. The quantitative estimate of drug-likeness (QED) is 0.269. The third-order valence-corrected chi connectivity index (χ3v) is 8.59. The van der Waals surface area contributed by atoms with Gasteiger partial charge in [0.2, 0.25) is 6.04 Å². The van der Waals surface area contributed by atoms with Crippen LogP contribution < -0.4 is 15.5 Å². The molecule has 248 valence electrons. The Morgan fingerprint density at radius 1 is 0.936 bits per heavy atom. The number of nitrogens with one attached hydrogen (secondary N) is 2. The standard InChI is InChI=1S/C33H33F6N6O2/c1-21-6-2-3-7-25(21)28-18-30(44-12-10-43(11-13-44)29-8-4-5-9-41-29)47-31-26(19-40-20-42-31)27(45(28)46)16-22-14-23(32(34,35)36)17-24(15-22)33(37,38)39/h2-9,14-15,17-18,27,30,40,42H,10-13,16,19-20H2,1H3/q+1. The van der Waals surface area contributed by atoms with Gasteiger partial charge >= 0.3 is 12.4 Å². The van der Waals surface area contributed by atoms with E-state index in [-0.39, 0.29) is 29.8 Å². The lowest BCUT2D eigenvalue weighted by Gasteiger charge is -2.40. The van der Waals surface area contributed by atoms with Crippen molar-refractivity contribution in [3.8, 4) is 0 Å². The van der Waals surface area contributed by atoms with Crippen LogP contribution in [0.1, 0.15) is 27.8 Å². The first kappa shape index (κ1) is 32.5. The summed E-state index contributed by atoms with van der Waals surface area (Å²) in [6.07, 6.45) is -7.74. The van der Waals surface area contributed by atoms with E-state index in [2.05, 4.69) is 25.4 Å². The van der Waals surface area contributed by atoms with Crippen molar-refractivity contribution in [3.63, 3.8) is 0 Å². The van der Waals surface area contributed by atoms with Gasteiger partial charge in [0, 0.05) is 61.1 Å². The Balaban J connectivity index is 1.40. The fraction of sp³-hybridized carbons (Fsp3) is 0.364. The number of aromatic nitrogens is 1. The van der Waals surface area contributed by atoms with Gasteiger partial charge in [0.1, 0.15) is 5.82 Å². The molecule has 2 aromatic carbocycles. The zero-order chi connectivity index (χ0) is 33.3. The number of rotatable bonds is 5. The Morgan fingerprint density at radius 2 is 1.62 bits per heavy atom. The average Bonchev–Trinajstić information content (AvgIpc) is 3.05. The number of aryl methyl sites for hydroxylation is 1. The second kappa shape index (κ2) is 13.0. The van der Waals surface area contributed by atoms with E-state index in [1.165, 1.54) is 0 Å². The third kappa shape index (κ3) is 7.13. The van der Waals surface area contributed by atoms with Crippen molar-refractivity contribution in [2.75, 3.05) is 44.3 Å². The van der Waals surface area contributed by atoms with E-state index in [0.29, 0.717) is 60.9 Å². The molecule has 2 N–H and O–H groups in total. The maximum atomic E-state index is 14.6. The predicted molar refractivity (Wildman–Crippen MR) is 163 cm³/mol. The first-order valence-corrected chi connectivity index (χ1v) is 15.2. The van der Waals surface area contributed by atoms with Gasteiger partial charge in [-0.05, 0) is 54.4 Å². The maximum absolute atomic E-state index is 14.6. The van der Waals surface area contributed by atoms with Crippen LogP contribution in [0.4, 0.5) is 32.2 Å². The van der Waals surface area contributed by atoms with Crippen LogP contribution in [0.2, 0.25) is 0 Å². The van der Waals surface area contributed by atoms with Gasteiger partial charge in [-0.2, -0.15) is 26.3 Å². The molecule has 0 radical (unpaired) electrons. The Morgan fingerprint density at radius 3 is 2.26 bits per heavy atom. The molecule has 3 aliphatic rings. The van der Waals surface area contributed by atoms with E-state index < -0.39 is 42.2 Å². The zero-order valence-electron chi connectivity index (χ0n) is 25.4. The molecule has 0 aliphatic carbocycles. The topological polar surface area (TPSA) is 72.7 Å². The summed E-state index contributed by atoms with van der Waals surface area (Å²) in [4.78, 5) is 23.2. The molecule has 47 heavy (non-hydrogen) atoms. The number of benzene rings is 2. The SMILES string of the molecule is Cc1ccccc1C1=CC(N2CCN(c3ccccn3)CC2)OC2=C(CNCN2)C(Cc2cc(C(F)(F)F)cc(C(F)(F)F)c2)[N+]1=O. The van der Waals surface area contributed by atoms with Crippen LogP contribution >= 0.6 is 0 Å². The van der Waals surface area contributed by atoms with Crippen molar-refractivity contribution in [2.24, 2.45) is 0 Å². The number of hydrogen-bond acceptors (Lipinski definition) is 7. The molecule has 1 fully saturated rings. The number of alkyl halides is 6. The summed E-state index contributed by atoms with van der Waals surface area (Å²) in [7, 11) is 0. The largest absolute Gasteiger partial charge is 0.456 e. The normalized spacial score (nSPS) is 21.3. The van der Waals surface area contributed by atoms with Crippen LogP contribution in [0.25, 0.3) is 5.70 Å². The molecule has 8 nitrogen and oxygen atoms in total. The highest BCUT2D eigenvalue weighted by molar-refractivity contribution is 5.62. The molecule has 2 unspecified atom stereocenters. The monoisotopic (exact) mass is 659 g/mol. The van der Waals surface area contributed by atoms with Gasteiger partial charge in [-0.3, -0.25) is 10.2 Å². The van der Waals surface area contributed by atoms with Gasteiger partial charge in [-0.25, -0.2) is 4.98 Å². The van der Waals surface area contributed by atoms with Gasteiger partial charge in [-0.15, -0.1) is 0 Å². The summed E-state index contributed by atoms with van der Waals surface area (Å²) in [5.74, 6) is 1.12. The molecule has 14 heteroatoms. The fourth-order valence-electron chi connectivity index (χ4n) is 6.15. The molecular formula is C33H33F6N6O2+. The fourth-order valence-corrected chi connectivity index (χ4v) is 6.15. The highest BCUT2D eigenvalue weighted by atomic mass is 19.4. The Bertz CT molecular complexity index is 1650. The summed E-state index contributed by atoms with van der Waals surface area (Å²) in [5, 5.41) is 6.21. The molecule has 0 amide bonds. The average molecular weight is 660 g/mol. The Kier molecular flexibility index (Phi) is 8.99. The Labute approximate surface area is 267 Å². The van der Waals surface area contributed by atoms with E-state index >= 15 is 0 Å². The van der Waals surface area contributed by atoms with Crippen LogP contribution in [0.5, 0.6) is 0 Å². The smallest absolute Gasteiger partial charge is 0.416 e. The molecule has 0 spiro atoms. The third-order valence-electron chi connectivity index (χ3n) is 8.59. The number of piperazine rings is 1. The molecule has 3 aromatic rings. The molecule has 0 saturated carbocycles.